The molecule has 0 bridgehead atoms. The third kappa shape index (κ3) is 2.89. The molecule has 4 aliphatic carbocycles. The van der Waals surface area contributed by atoms with E-state index in [9.17, 15) is 9.90 Å². The number of hydrogen-bond donors (Lipinski definition) is 1. The van der Waals surface area contributed by atoms with Gasteiger partial charge in [-0.25, -0.2) is 0 Å². The summed E-state index contributed by atoms with van der Waals surface area (Å²) in [5.41, 5.74) is 1.60. The summed E-state index contributed by atoms with van der Waals surface area (Å²) in [6.07, 6.45) is 8.41. The minimum atomic E-state index is -0.387. The Labute approximate surface area is 164 Å². The first-order chi connectivity index (χ1) is 12.3. The molecule has 3 fully saturated rings. The molecule has 4 unspecified atom stereocenters. The van der Waals surface area contributed by atoms with Crippen LogP contribution in [0, 0.1) is 29.1 Å². The molecule has 0 spiro atoms. The summed E-state index contributed by atoms with van der Waals surface area (Å²) in [6.45, 7) is 3.91. The summed E-state index contributed by atoms with van der Waals surface area (Å²) in [5.74, 6) is 1.40. The van der Waals surface area contributed by atoms with Gasteiger partial charge in [0.15, 0.2) is 0 Å². The first kappa shape index (κ1) is 18.9. The molecule has 4 aliphatic rings. The molecule has 4 rings (SSSR count). The molecule has 146 valence electrons. The second-order valence-corrected chi connectivity index (χ2v) is 10.3. The van der Waals surface area contributed by atoms with Crippen molar-refractivity contribution in [2.24, 2.45) is 29.1 Å². The minimum Gasteiger partial charge on any atom is -0.461 e. The Kier molecular flexibility index (Phi) is 5.02. The Morgan fingerprint density at radius 2 is 2.08 bits per heavy atom. The first-order valence-electron chi connectivity index (χ1n) is 10.1. The SMILES string of the molecule is CO[C@H]1CC[C@@]2(C)C(=CC(O)C3C4C[C@@H](Br)[C@H](OC(C)=O)[C@H]4CCC32)C1. The van der Waals surface area contributed by atoms with Gasteiger partial charge in [0.2, 0.25) is 0 Å². The van der Waals surface area contributed by atoms with Crippen LogP contribution in [-0.4, -0.2) is 41.3 Å². The predicted octanol–water partition coefficient (Wildman–Crippen LogP) is 3.85. The molecule has 0 amide bonds. The van der Waals surface area contributed by atoms with E-state index in [0.717, 1.165) is 38.5 Å². The Morgan fingerprint density at radius 1 is 1.31 bits per heavy atom. The lowest BCUT2D eigenvalue weighted by molar-refractivity contribution is -0.150. The van der Waals surface area contributed by atoms with Crippen molar-refractivity contribution in [1.29, 1.82) is 0 Å². The van der Waals surface area contributed by atoms with Crippen molar-refractivity contribution in [3.8, 4) is 0 Å². The van der Waals surface area contributed by atoms with Crippen LogP contribution in [0.15, 0.2) is 11.6 Å². The third-order valence-electron chi connectivity index (χ3n) is 7.98. The zero-order valence-electron chi connectivity index (χ0n) is 16.0. The van der Waals surface area contributed by atoms with Gasteiger partial charge < -0.3 is 14.6 Å². The highest BCUT2D eigenvalue weighted by atomic mass is 79.9. The summed E-state index contributed by atoms with van der Waals surface area (Å²) in [5, 5.41) is 11.1. The Bertz CT molecular complexity index is 605. The summed E-state index contributed by atoms with van der Waals surface area (Å²) in [7, 11) is 1.80. The van der Waals surface area contributed by atoms with Gasteiger partial charge in [-0.2, -0.15) is 0 Å². The van der Waals surface area contributed by atoms with Crippen LogP contribution >= 0.6 is 15.9 Å². The fraction of sp³-hybridized carbons (Fsp3) is 0.857. The molecule has 9 atom stereocenters. The standard InChI is InChI=1S/C21H31BrO4/c1-11(23)26-20-14-4-5-16-19(15(14)10-17(20)22)18(24)9-12-8-13(25-3)6-7-21(12,16)2/h9,13-20,24H,4-8,10H2,1-3H3/t13-,14-,15?,16?,17+,18?,19?,20+,21-/m0/s1. The zero-order valence-corrected chi connectivity index (χ0v) is 17.6. The minimum absolute atomic E-state index is 0.0481. The number of hydrogen-bond acceptors (Lipinski definition) is 4. The second kappa shape index (κ2) is 6.89. The van der Waals surface area contributed by atoms with Gasteiger partial charge in [-0.05, 0) is 61.7 Å². The quantitative estimate of drug-likeness (QED) is 0.413. The maximum absolute atomic E-state index is 11.6. The van der Waals surface area contributed by atoms with Crippen molar-refractivity contribution in [3.63, 3.8) is 0 Å². The van der Waals surface area contributed by atoms with E-state index in [1.54, 1.807) is 7.11 Å². The summed E-state index contributed by atoms with van der Waals surface area (Å²) < 4.78 is 11.3. The van der Waals surface area contributed by atoms with E-state index in [1.165, 1.54) is 12.5 Å². The Morgan fingerprint density at radius 3 is 2.77 bits per heavy atom. The molecule has 0 saturated heterocycles. The van der Waals surface area contributed by atoms with Crippen LogP contribution in [0.2, 0.25) is 0 Å². The molecule has 3 saturated carbocycles. The van der Waals surface area contributed by atoms with E-state index in [1.807, 2.05) is 0 Å². The van der Waals surface area contributed by atoms with Gasteiger partial charge in [0, 0.05) is 20.0 Å². The van der Waals surface area contributed by atoms with Gasteiger partial charge in [-0.1, -0.05) is 34.5 Å². The van der Waals surface area contributed by atoms with Crippen LogP contribution in [-0.2, 0) is 14.3 Å². The van der Waals surface area contributed by atoms with Crippen molar-refractivity contribution >= 4 is 21.9 Å². The lowest BCUT2D eigenvalue weighted by Crippen LogP contribution is -2.52. The molecule has 0 aromatic carbocycles. The third-order valence-corrected chi connectivity index (χ3v) is 8.88. The molecule has 0 aromatic rings. The number of carbonyl (C=O) groups is 1. The van der Waals surface area contributed by atoms with Crippen LogP contribution in [0.4, 0.5) is 0 Å². The summed E-state index contributed by atoms with van der Waals surface area (Å²) in [6, 6.07) is 0. The smallest absolute Gasteiger partial charge is 0.302 e. The fourth-order valence-electron chi connectivity index (χ4n) is 6.75. The van der Waals surface area contributed by atoms with Gasteiger partial charge in [-0.15, -0.1) is 0 Å². The van der Waals surface area contributed by atoms with Gasteiger partial charge >= 0.3 is 5.97 Å². The highest BCUT2D eigenvalue weighted by Gasteiger charge is 2.58. The monoisotopic (exact) mass is 426 g/mol. The Hall–Kier alpha value is -0.390. The average Bonchev–Trinajstić information content (AvgIpc) is 2.90. The molecular weight excluding hydrogens is 396 g/mol. The molecule has 0 aliphatic heterocycles. The lowest BCUT2D eigenvalue weighted by Gasteiger charge is -2.56. The van der Waals surface area contributed by atoms with E-state index in [4.69, 9.17) is 9.47 Å². The molecule has 5 heteroatoms. The van der Waals surface area contributed by atoms with Gasteiger partial charge in [0.1, 0.15) is 6.10 Å². The van der Waals surface area contributed by atoms with E-state index >= 15 is 0 Å². The van der Waals surface area contributed by atoms with Crippen molar-refractivity contribution < 1.29 is 19.4 Å². The molecule has 0 heterocycles. The van der Waals surface area contributed by atoms with E-state index in [2.05, 4.69) is 28.9 Å². The van der Waals surface area contributed by atoms with E-state index in [-0.39, 0.29) is 34.3 Å². The molecule has 4 nitrogen and oxygen atoms in total. The van der Waals surface area contributed by atoms with Crippen LogP contribution in [0.5, 0.6) is 0 Å². The Balaban J connectivity index is 1.62. The van der Waals surface area contributed by atoms with Gasteiger partial charge in [0.25, 0.3) is 0 Å². The second-order valence-electron chi connectivity index (χ2n) is 9.12. The lowest BCUT2D eigenvalue weighted by atomic mass is 9.50. The molecule has 26 heavy (non-hydrogen) atoms. The van der Waals surface area contributed by atoms with Crippen molar-refractivity contribution in [3.05, 3.63) is 11.6 Å². The maximum Gasteiger partial charge on any atom is 0.302 e. The van der Waals surface area contributed by atoms with Crippen molar-refractivity contribution in [2.45, 2.75) is 75.5 Å². The van der Waals surface area contributed by atoms with Gasteiger partial charge in [-0.3, -0.25) is 4.79 Å². The molecular formula is C21H31BrO4. The number of halogens is 1. The highest BCUT2D eigenvalue weighted by molar-refractivity contribution is 9.09. The zero-order chi connectivity index (χ0) is 18.6. The molecule has 0 radical (unpaired) electrons. The fourth-order valence-corrected chi connectivity index (χ4v) is 7.69. The first-order valence-corrected chi connectivity index (χ1v) is 11.0. The number of ether oxygens (including phenoxy) is 2. The van der Waals surface area contributed by atoms with Crippen molar-refractivity contribution in [2.75, 3.05) is 7.11 Å². The van der Waals surface area contributed by atoms with E-state index < -0.39 is 0 Å². The summed E-state index contributed by atoms with van der Waals surface area (Å²) in [4.78, 5) is 11.8. The molecule has 0 aromatic heterocycles. The number of aliphatic hydroxyl groups excluding tert-OH is 1. The van der Waals surface area contributed by atoms with Crippen LogP contribution < -0.4 is 0 Å². The maximum atomic E-state index is 11.6. The number of rotatable bonds is 2. The van der Waals surface area contributed by atoms with Crippen LogP contribution in [0.25, 0.3) is 0 Å². The van der Waals surface area contributed by atoms with Crippen LogP contribution in [0.1, 0.15) is 52.4 Å². The molecule has 1 N–H and O–H groups in total. The largest absolute Gasteiger partial charge is 0.461 e. The summed E-state index contributed by atoms with van der Waals surface area (Å²) >= 11 is 3.77. The number of aliphatic hydroxyl groups is 1. The highest BCUT2D eigenvalue weighted by Crippen LogP contribution is 2.62. The predicted molar refractivity (Wildman–Crippen MR) is 103 cm³/mol. The topological polar surface area (TPSA) is 55.8 Å². The van der Waals surface area contributed by atoms with Crippen LogP contribution in [0.3, 0.4) is 0 Å². The van der Waals surface area contributed by atoms with Gasteiger partial charge in [0.05, 0.1) is 17.0 Å². The number of methoxy groups -OCH3 is 1. The normalized spacial score (nSPS) is 50.3. The number of fused-ring (bicyclic) bond motifs is 5. The van der Waals surface area contributed by atoms with E-state index in [0.29, 0.717) is 23.9 Å². The number of alkyl halides is 1. The number of carbonyl (C=O) groups excluding carboxylic acids is 1. The van der Waals surface area contributed by atoms with Crippen molar-refractivity contribution in [1.82, 2.24) is 0 Å². The average molecular weight is 427 g/mol. The number of esters is 1.